The molecule has 0 aromatic carbocycles. The number of hydrogen-bond acceptors (Lipinski definition) is 3. The highest BCUT2D eigenvalue weighted by Crippen LogP contribution is 2.22. The highest BCUT2D eigenvalue weighted by Gasteiger charge is 2.18. The van der Waals surface area contributed by atoms with Gasteiger partial charge in [0.2, 0.25) is 5.91 Å². The van der Waals surface area contributed by atoms with E-state index in [9.17, 15) is 9.59 Å². The molecule has 104 valence electrons. The third-order valence-electron chi connectivity index (χ3n) is 2.97. The fourth-order valence-corrected chi connectivity index (χ4v) is 1.81. The van der Waals surface area contributed by atoms with E-state index >= 15 is 0 Å². The molecule has 0 spiro atoms. The van der Waals surface area contributed by atoms with Crippen LogP contribution >= 0.6 is 0 Å². The Hall–Kier alpha value is -1.32. The van der Waals surface area contributed by atoms with Gasteiger partial charge in [-0.3, -0.25) is 4.79 Å². The van der Waals surface area contributed by atoms with Crippen molar-refractivity contribution in [3.8, 4) is 0 Å². The first-order chi connectivity index (χ1) is 8.42. The summed E-state index contributed by atoms with van der Waals surface area (Å²) in [6.45, 7) is 9.79. The Labute approximate surface area is 110 Å². The predicted molar refractivity (Wildman–Crippen MR) is 71.8 cm³/mol. The summed E-state index contributed by atoms with van der Waals surface area (Å²) in [5.74, 6) is -0.0429. The van der Waals surface area contributed by atoms with Crippen LogP contribution in [-0.2, 0) is 14.3 Å². The molecular weight excluding hydrogens is 230 g/mol. The summed E-state index contributed by atoms with van der Waals surface area (Å²) in [5.41, 5.74) is 0.641. The largest absolute Gasteiger partial charge is 0.463 e. The molecule has 2 atom stereocenters. The summed E-state index contributed by atoms with van der Waals surface area (Å²) in [6.07, 6.45) is 3.53. The van der Waals surface area contributed by atoms with Gasteiger partial charge in [-0.15, -0.1) is 0 Å². The predicted octanol–water partition coefficient (Wildman–Crippen LogP) is 2.64. The van der Waals surface area contributed by atoms with Gasteiger partial charge >= 0.3 is 5.97 Å². The molecule has 0 saturated carbocycles. The number of amides is 1. The van der Waals surface area contributed by atoms with Crippen molar-refractivity contribution in [1.82, 2.24) is 5.32 Å². The van der Waals surface area contributed by atoms with Crippen molar-refractivity contribution in [2.75, 3.05) is 6.61 Å². The number of rotatable bonds is 7. The summed E-state index contributed by atoms with van der Waals surface area (Å²) < 4.78 is 4.88. The van der Waals surface area contributed by atoms with Gasteiger partial charge in [-0.05, 0) is 18.8 Å². The molecule has 0 aliphatic heterocycles. The van der Waals surface area contributed by atoms with Crippen LogP contribution in [0.5, 0.6) is 0 Å². The maximum atomic E-state index is 11.5. The van der Waals surface area contributed by atoms with Crippen molar-refractivity contribution in [3.05, 3.63) is 11.8 Å². The van der Waals surface area contributed by atoms with E-state index < -0.39 is 5.97 Å². The van der Waals surface area contributed by atoms with E-state index in [1.807, 2.05) is 6.92 Å². The van der Waals surface area contributed by atoms with Crippen molar-refractivity contribution < 1.29 is 14.3 Å². The Balaban J connectivity index is 4.86. The molecule has 0 heterocycles. The number of hydrogen-bond donors (Lipinski definition) is 1. The lowest BCUT2D eigenvalue weighted by Gasteiger charge is -2.22. The third-order valence-corrected chi connectivity index (χ3v) is 2.97. The molecule has 18 heavy (non-hydrogen) atoms. The van der Waals surface area contributed by atoms with Gasteiger partial charge in [-0.25, -0.2) is 4.79 Å². The van der Waals surface area contributed by atoms with Crippen LogP contribution in [0.1, 0.15) is 47.5 Å². The zero-order valence-electron chi connectivity index (χ0n) is 12.1. The Morgan fingerprint density at radius 2 is 1.89 bits per heavy atom. The molecule has 0 saturated heterocycles. The van der Waals surface area contributed by atoms with Gasteiger partial charge in [-0.2, -0.15) is 0 Å². The van der Waals surface area contributed by atoms with Gasteiger partial charge in [-0.1, -0.05) is 33.6 Å². The van der Waals surface area contributed by atoms with E-state index in [4.69, 9.17) is 4.74 Å². The molecule has 0 aromatic rings. The fraction of sp³-hybridized carbons (Fsp3) is 0.714. The first-order valence-electron chi connectivity index (χ1n) is 6.58. The molecule has 0 aliphatic rings. The molecule has 0 fully saturated rings. The minimum atomic E-state index is -0.406. The van der Waals surface area contributed by atoms with E-state index in [-0.39, 0.29) is 11.8 Å². The van der Waals surface area contributed by atoms with Crippen molar-refractivity contribution in [3.63, 3.8) is 0 Å². The van der Waals surface area contributed by atoms with Crippen LogP contribution in [-0.4, -0.2) is 18.5 Å². The SMILES string of the molecule is CCC[C@@H](C)[C@@H](C)/C(=C\C(=O)OCC)NC(C)=O. The smallest absolute Gasteiger partial charge is 0.332 e. The fourth-order valence-electron chi connectivity index (χ4n) is 1.81. The van der Waals surface area contributed by atoms with Crippen LogP contribution in [0.2, 0.25) is 0 Å². The molecule has 4 nitrogen and oxygen atoms in total. The highest BCUT2D eigenvalue weighted by molar-refractivity contribution is 5.84. The number of ether oxygens (including phenoxy) is 1. The van der Waals surface area contributed by atoms with Crippen molar-refractivity contribution in [1.29, 1.82) is 0 Å². The monoisotopic (exact) mass is 255 g/mol. The molecule has 0 bridgehead atoms. The summed E-state index contributed by atoms with van der Waals surface area (Å²) >= 11 is 0. The molecular formula is C14H25NO3. The van der Waals surface area contributed by atoms with Gasteiger partial charge < -0.3 is 10.1 Å². The summed E-state index contributed by atoms with van der Waals surface area (Å²) in [6, 6.07) is 0. The summed E-state index contributed by atoms with van der Waals surface area (Å²) in [4.78, 5) is 22.6. The van der Waals surface area contributed by atoms with Gasteiger partial charge in [0.25, 0.3) is 0 Å². The van der Waals surface area contributed by atoms with Crippen molar-refractivity contribution >= 4 is 11.9 Å². The van der Waals surface area contributed by atoms with Crippen LogP contribution < -0.4 is 5.32 Å². The Kier molecular flexibility index (Phi) is 8.08. The molecule has 0 aliphatic carbocycles. The summed E-state index contributed by atoms with van der Waals surface area (Å²) in [7, 11) is 0. The quantitative estimate of drug-likeness (QED) is 0.562. The Morgan fingerprint density at radius 1 is 1.28 bits per heavy atom. The standard InChI is InChI=1S/C14H25NO3/c1-6-8-10(3)11(4)13(15-12(5)16)9-14(17)18-7-2/h9-11H,6-8H2,1-5H3,(H,15,16)/b13-9+/t10-,11-/m1/s1. The average molecular weight is 255 g/mol. The lowest BCUT2D eigenvalue weighted by molar-refractivity contribution is -0.137. The molecule has 0 radical (unpaired) electrons. The van der Waals surface area contributed by atoms with E-state index in [0.717, 1.165) is 12.8 Å². The van der Waals surface area contributed by atoms with E-state index in [1.54, 1.807) is 6.92 Å². The number of carbonyl (C=O) groups excluding carboxylic acids is 2. The van der Waals surface area contributed by atoms with Gasteiger partial charge in [0, 0.05) is 18.7 Å². The molecule has 0 aromatic heterocycles. The third kappa shape index (κ3) is 6.42. The summed E-state index contributed by atoms with van der Waals surface area (Å²) in [5, 5.41) is 2.73. The molecule has 0 unspecified atom stereocenters. The van der Waals surface area contributed by atoms with E-state index in [1.165, 1.54) is 13.0 Å². The van der Waals surface area contributed by atoms with Crippen LogP contribution in [0.25, 0.3) is 0 Å². The lowest BCUT2D eigenvalue weighted by atomic mass is 9.89. The highest BCUT2D eigenvalue weighted by atomic mass is 16.5. The molecule has 0 rings (SSSR count). The second-order valence-electron chi connectivity index (χ2n) is 4.59. The Bertz CT molecular complexity index is 310. The second-order valence-corrected chi connectivity index (χ2v) is 4.59. The van der Waals surface area contributed by atoms with Crippen LogP contribution in [0.3, 0.4) is 0 Å². The van der Waals surface area contributed by atoms with Gasteiger partial charge in [0.1, 0.15) is 0 Å². The van der Waals surface area contributed by atoms with Crippen LogP contribution in [0.15, 0.2) is 11.8 Å². The topological polar surface area (TPSA) is 55.4 Å². The molecule has 1 N–H and O–H groups in total. The van der Waals surface area contributed by atoms with Gasteiger partial charge in [0.15, 0.2) is 0 Å². The number of nitrogens with one attached hydrogen (secondary N) is 1. The van der Waals surface area contributed by atoms with Crippen molar-refractivity contribution in [2.24, 2.45) is 11.8 Å². The number of allylic oxidation sites excluding steroid dienone is 1. The lowest BCUT2D eigenvalue weighted by Crippen LogP contribution is -2.27. The van der Waals surface area contributed by atoms with Gasteiger partial charge in [0.05, 0.1) is 6.61 Å². The zero-order chi connectivity index (χ0) is 14.1. The normalized spacial score (nSPS) is 14.8. The van der Waals surface area contributed by atoms with Crippen LogP contribution in [0.4, 0.5) is 0 Å². The Morgan fingerprint density at radius 3 is 2.33 bits per heavy atom. The average Bonchev–Trinajstić information content (AvgIpc) is 2.27. The first-order valence-corrected chi connectivity index (χ1v) is 6.58. The van der Waals surface area contributed by atoms with E-state index in [2.05, 4.69) is 19.2 Å². The maximum Gasteiger partial charge on any atom is 0.332 e. The number of carbonyl (C=O) groups is 2. The van der Waals surface area contributed by atoms with Crippen molar-refractivity contribution in [2.45, 2.75) is 47.5 Å². The minimum absolute atomic E-state index is 0.123. The van der Waals surface area contributed by atoms with Crippen LogP contribution in [0, 0.1) is 11.8 Å². The minimum Gasteiger partial charge on any atom is -0.463 e. The molecule has 1 amide bonds. The maximum absolute atomic E-state index is 11.5. The van der Waals surface area contributed by atoms with E-state index in [0.29, 0.717) is 18.2 Å². The second kappa shape index (κ2) is 8.72. The number of esters is 1. The molecule has 4 heteroatoms. The first kappa shape index (κ1) is 16.7. The zero-order valence-corrected chi connectivity index (χ0v) is 12.1.